The maximum atomic E-state index is 9.22. The number of nitrogen functional groups attached to an aromatic ring is 1. The molecule has 0 saturated heterocycles. The van der Waals surface area contributed by atoms with Crippen molar-refractivity contribution >= 4 is 11.4 Å². The Morgan fingerprint density at radius 2 is 2.25 bits per heavy atom. The minimum absolute atomic E-state index is 0.184. The van der Waals surface area contributed by atoms with E-state index in [1.54, 1.807) is 12.1 Å². The number of nitrogens with zero attached hydrogens (tertiary/aromatic N) is 2. The smallest absolute Gasteiger partial charge is 0.117 e. The standard InChI is InChI=1S/C11H16N4O/c1-14-4-5-15(8-14)7-13-11-3-2-9(16)6-10(11)12/h2-6,13,16H,7-8,12H2,1H3. The zero-order valence-electron chi connectivity index (χ0n) is 9.22. The summed E-state index contributed by atoms with van der Waals surface area (Å²) in [6.45, 7) is 1.56. The predicted molar refractivity (Wildman–Crippen MR) is 64.6 cm³/mol. The number of nitrogens with two attached hydrogens (primary N) is 1. The van der Waals surface area contributed by atoms with Crippen molar-refractivity contribution in [3.63, 3.8) is 0 Å². The molecule has 0 radical (unpaired) electrons. The molecule has 0 unspecified atom stereocenters. The third kappa shape index (κ3) is 2.31. The summed E-state index contributed by atoms with van der Waals surface area (Å²) in [7, 11) is 2.02. The Balaban J connectivity index is 1.92. The van der Waals surface area contributed by atoms with Crippen LogP contribution in [-0.2, 0) is 0 Å². The highest BCUT2D eigenvalue weighted by molar-refractivity contribution is 5.67. The summed E-state index contributed by atoms with van der Waals surface area (Å²) in [4.78, 5) is 4.20. The van der Waals surface area contributed by atoms with Crippen LogP contribution in [0.15, 0.2) is 30.6 Å². The molecule has 5 heteroatoms. The molecule has 1 aromatic carbocycles. The molecule has 0 aromatic heterocycles. The average Bonchev–Trinajstić information content (AvgIpc) is 2.63. The van der Waals surface area contributed by atoms with Crippen molar-refractivity contribution in [2.45, 2.75) is 0 Å². The summed E-state index contributed by atoms with van der Waals surface area (Å²) in [6.07, 6.45) is 4.03. The van der Waals surface area contributed by atoms with E-state index in [1.165, 1.54) is 6.07 Å². The maximum absolute atomic E-state index is 9.22. The van der Waals surface area contributed by atoms with Crippen molar-refractivity contribution in [1.29, 1.82) is 0 Å². The second-order valence-corrected chi connectivity index (χ2v) is 3.89. The van der Waals surface area contributed by atoms with Gasteiger partial charge in [0, 0.05) is 25.5 Å². The van der Waals surface area contributed by atoms with Gasteiger partial charge in [-0.2, -0.15) is 0 Å². The number of rotatable bonds is 3. The Kier molecular flexibility index (Phi) is 2.76. The van der Waals surface area contributed by atoms with Gasteiger partial charge in [-0.05, 0) is 12.1 Å². The molecule has 1 aliphatic rings. The number of benzene rings is 1. The molecule has 5 nitrogen and oxygen atoms in total. The van der Waals surface area contributed by atoms with Gasteiger partial charge < -0.3 is 26.0 Å². The third-order valence-electron chi connectivity index (χ3n) is 2.44. The van der Waals surface area contributed by atoms with Gasteiger partial charge in [-0.15, -0.1) is 0 Å². The van der Waals surface area contributed by atoms with Crippen LogP contribution in [0.4, 0.5) is 11.4 Å². The van der Waals surface area contributed by atoms with E-state index in [9.17, 15) is 5.11 Å². The van der Waals surface area contributed by atoms with Crippen LogP contribution in [0, 0.1) is 0 Å². The van der Waals surface area contributed by atoms with E-state index >= 15 is 0 Å². The van der Waals surface area contributed by atoms with Gasteiger partial charge in [0.15, 0.2) is 0 Å². The number of anilines is 2. The zero-order valence-corrected chi connectivity index (χ0v) is 9.22. The van der Waals surface area contributed by atoms with E-state index < -0.39 is 0 Å². The maximum Gasteiger partial charge on any atom is 0.117 e. The first-order chi connectivity index (χ1) is 7.65. The van der Waals surface area contributed by atoms with Crippen molar-refractivity contribution in [2.24, 2.45) is 0 Å². The van der Waals surface area contributed by atoms with Crippen LogP contribution in [0.5, 0.6) is 5.75 Å². The molecule has 0 aliphatic carbocycles. The van der Waals surface area contributed by atoms with Crippen LogP contribution in [0.25, 0.3) is 0 Å². The number of aromatic hydroxyl groups is 1. The number of phenols is 1. The molecular formula is C11H16N4O. The average molecular weight is 220 g/mol. The Morgan fingerprint density at radius 3 is 2.88 bits per heavy atom. The van der Waals surface area contributed by atoms with Gasteiger partial charge in [0.2, 0.25) is 0 Å². The summed E-state index contributed by atoms with van der Waals surface area (Å²) < 4.78 is 0. The van der Waals surface area contributed by atoms with Crippen molar-refractivity contribution in [1.82, 2.24) is 9.80 Å². The molecule has 0 fully saturated rings. The summed E-state index contributed by atoms with van der Waals surface area (Å²) in [5.41, 5.74) is 7.15. The molecule has 4 N–H and O–H groups in total. The predicted octanol–water partition coefficient (Wildman–Crippen LogP) is 1.02. The fraction of sp³-hybridized carbons (Fsp3) is 0.273. The zero-order chi connectivity index (χ0) is 11.5. The van der Waals surface area contributed by atoms with E-state index in [2.05, 4.69) is 15.1 Å². The van der Waals surface area contributed by atoms with Gasteiger partial charge in [0.05, 0.1) is 24.7 Å². The van der Waals surface area contributed by atoms with Crippen molar-refractivity contribution in [3.05, 3.63) is 30.6 Å². The third-order valence-corrected chi connectivity index (χ3v) is 2.44. The highest BCUT2D eigenvalue weighted by Gasteiger charge is 2.08. The molecule has 86 valence electrons. The van der Waals surface area contributed by atoms with Crippen LogP contribution in [0.2, 0.25) is 0 Å². The lowest BCUT2D eigenvalue weighted by Crippen LogP contribution is -2.27. The number of hydrogen-bond donors (Lipinski definition) is 3. The first kappa shape index (κ1) is 10.5. The molecule has 0 amide bonds. The van der Waals surface area contributed by atoms with E-state index in [0.29, 0.717) is 12.4 Å². The Hall–Kier alpha value is -2.04. The first-order valence-corrected chi connectivity index (χ1v) is 5.10. The topological polar surface area (TPSA) is 64.8 Å². The lowest BCUT2D eigenvalue weighted by Gasteiger charge is -2.19. The fourth-order valence-electron chi connectivity index (χ4n) is 1.59. The first-order valence-electron chi connectivity index (χ1n) is 5.10. The molecule has 1 heterocycles. The molecule has 16 heavy (non-hydrogen) atoms. The molecular weight excluding hydrogens is 204 g/mol. The quantitative estimate of drug-likeness (QED) is 0.524. The van der Waals surface area contributed by atoms with E-state index in [0.717, 1.165) is 12.4 Å². The van der Waals surface area contributed by atoms with Gasteiger partial charge in [0.1, 0.15) is 5.75 Å². The molecule has 0 spiro atoms. The minimum Gasteiger partial charge on any atom is -0.508 e. The van der Waals surface area contributed by atoms with E-state index in [1.807, 2.05) is 19.4 Å². The van der Waals surface area contributed by atoms with E-state index in [4.69, 9.17) is 5.73 Å². The Morgan fingerprint density at radius 1 is 1.44 bits per heavy atom. The van der Waals surface area contributed by atoms with Gasteiger partial charge in [-0.3, -0.25) is 0 Å². The number of nitrogens with one attached hydrogen (secondary N) is 1. The SMILES string of the molecule is CN1C=CN(CNc2ccc(O)cc2N)C1. The van der Waals surface area contributed by atoms with Gasteiger partial charge in [0.25, 0.3) is 0 Å². The van der Waals surface area contributed by atoms with Crippen molar-refractivity contribution in [2.75, 3.05) is 31.4 Å². The van der Waals surface area contributed by atoms with Crippen LogP contribution < -0.4 is 11.1 Å². The summed E-state index contributed by atoms with van der Waals surface area (Å²) in [6, 6.07) is 4.92. The molecule has 2 rings (SSSR count). The molecule has 1 aromatic rings. The van der Waals surface area contributed by atoms with Crippen molar-refractivity contribution < 1.29 is 5.11 Å². The molecule has 0 atom stereocenters. The summed E-state index contributed by atoms with van der Waals surface area (Å²) >= 11 is 0. The summed E-state index contributed by atoms with van der Waals surface area (Å²) in [5, 5.41) is 12.4. The molecule has 0 saturated carbocycles. The van der Waals surface area contributed by atoms with Gasteiger partial charge in [-0.25, -0.2) is 0 Å². The second kappa shape index (κ2) is 4.22. The Bertz CT molecular complexity index is 405. The Labute approximate surface area is 94.8 Å². The van der Waals surface area contributed by atoms with Crippen LogP contribution in [0.3, 0.4) is 0 Å². The second-order valence-electron chi connectivity index (χ2n) is 3.89. The molecule has 1 aliphatic heterocycles. The van der Waals surface area contributed by atoms with Gasteiger partial charge >= 0.3 is 0 Å². The van der Waals surface area contributed by atoms with Crippen LogP contribution in [0.1, 0.15) is 0 Å². The lowest BCUT2D eigenvalue weighted by molar-refractivity contribution is 0.311. The molecule has 0 bridgehead atoms. The minimum atomic E-state index is 0.184. The number of phenolic OH excluding ortho intramolecular Hbond substituents is 1. The fourth-order valence-corrected chi connectivity index (χ4v) is 1.59. The van der Waals surface area contributed by atoms with E-state index in [-0.39, 0.29) is 5.75 Å². The van der Waals surface area contributed by atoms with Crippen molar-refractivity contribution in [3.8, 4) is 5.75 Å². The lowest BCUT2D eigenvalue weighted by atomic mass is 10.2. The number of hydrogen-bond acceptors (Lipinski definition) is 5. The van der Waals surface area contributed by atoms with Gasteiger partial charge in [-0.1, -0.05) is 0 Å². The monoisotopic (exact) mass is 220 g/mol. The summed E-state index contributed by atoms with van der Waals surface area (Å²) in [5.74, 6) is 0.184. The van der Waals surface area contributed by atoms with Crippen LogP contribution >= 0.6 is 0 Å². The highest BCUT2D eigenvalue weighted by Crippen LogP contribution is 2.23. The largest absolute Gasteiger partial charge is 0.508 e. The highest BCUT2D eigenvalue weighted by atomic mass is 16.3. The normalized spacial score (nSPS) is 14.6. The van der Waals surface area contributed by atoms with Crippen LogP contribution in [-0.4, -0.2) is 35.3 Å².